The highest BCUT2D eigenvalue weighted by Gasteiger charge is 2.23. The molecule has 14 rings (SSSR count). The van der Waals surface area contributed by atoms with Crippen LogP contribution in [0.15, 0.2) is 237 Å². The van der Waals surface area contributed by atoms with Gasteiger partial charge in [0.25, 0.3) is 0 Å². The largest absolute Gasteiger partial charge is 0.309 e. The van der Waals surface area contributed by atoms with Gasteiger partial charge in [0, 0.05) is 54.6 Å². The normalized spacial score (nSPS) is 11.9. The summed E-state index contributed by atoms with van der Waals surface area (Å²) in [5, 5.41) is 8.25. The van der Waals surface area contributed by atoms with Crippen molar-refractivity contribution in [2.24, 2.45) is 0 Å². The third-order valence-corrected chi connectivity index (χ3v) is 13.7. The van der Waals surface area contributed by atoms with Crippen LogP contribution < -0.4 is 0 Å². The minimum absolute atomic E-state index is 0.644. The molecule has 10 aromatic carbocycles. The Kier molecular flexibility index (Phi) is 8.21. The Morgan fingerprint density at radius 3 is 1.39 bits per heavy atom. The number of fused-ring (bicyclic) bond motifs is 11. The van der Waals surface area contributed by atoms with E-state index in [-0.39, 0.29) is 0 Å². The lowest BCUT2D eigenvalue weighted by molar-refractivity contribution is 1.01. The summed E-state index contributed by atoms with van der Waals surface area (Å²) in [6, 6.07) is 85.0. The van der Waals surface area contributed by atoms with Gasteiger partial charge in [-0.1, -0.05) is 176 Å². The number of benzene rings is 10. The van der Waals surface area contributed by atoms with Gasteiger partial charge in [0.05, 0.1) is 44.3 Å². The molecule has 0 bridgehead atoms. The molecule has 0 aliphatic heterocycles. The van der Waals surface area contributed by atoms with E-state index in [4.69, 9.17) is 9.97 Å². The Morgan fingerprint density at radius 2 is 0.731 bits per heavy atom. The maximum Gasteiger partial charge on any atom is 0.235 e. The van der Waals surface area contributed by atoms with Crippen LogP contribution in [0.5, 0.6) is 0 Å². The minimum atomic E-state index is 0.644. The Bertz CT molecular complexity index is 4250. The predicted octanol–water partition coefficient (Wildman–Crippen LogP) is 15.9. The second-order valence-corrected chi connectivity index (χ2v) is 17.4. The number of hydrogen-bond acceptors (Lipinski definition) is 2. The van der Waals surface area contributed by atoms with Gasteiger partial charge in [-0.3, -0.25) is 4.57 Å². The fraction of sp³-hybridized carbons (Fsp3) is 0. The molecule has 4 aromatic heterocycles. The van der Waals surface area contributed by atoms with Gasteiger partial charge in [0.15, 0.2) is 0 Å². The van der Waals surface area contributed by atoms with Crippen molar-refractivity contribution in [2.75, 3.05) is 0 Å². The molecule has 67 heavy (non-hydrogen) atoms. The number of para-hydroxylation sites is 4. The van der Waals surface area contributed by atoms with E-state index in [0.29, 0.717) is 5.95 Å². The summed E-state index contributed by atoms with van der Waals surface area (Å²) in [7, 11) is 0. The van der Waals surface area contributed by atoms with Crippen LogP contribution in [0.3, 0.4) is 0 Å². The van der Waals surface area contributed by atoms with E-state index in [1.54, 1.807) is 0 Å². The molecule has 0 fully saturated rings. The smallest absolute Gasteiger partial charge is 0.235 e. The highest BCUT2D eigenvalue weighted by Crippen LogP contribution is 2.44. The zero-order chi connectivity index (χ0) is 44.0. The molecule has 0 unspecified atom stereocenters. The maximum absolute atomic E-state index is 5.38. The molecule has 5 heteroatoms. The van der Waals surface area contributed by atoms with E-state index in [2.05, 4.69) is 244 Å². The molecule has 0 amide bonds. The summed E-state index contributed by atoms with van der Waals surface area (Å²) < 4.78 is 7.13. The molecule has 0 spiro atoms. The summed E-state index contributed by atoms with van der Waals surface area (Å²) in [5.41, 5.74) is 16.6. The van der Waals surface area contributed by atoms with Crippen molar-refractivity contribution in [3.8, 4) is 50.8 Å². The standard InChI is InChI=1S/C62H39N5/c1-3-16-40(17-4-1)41-30-32-42(33-31-41)44-20-15-21-45(38-44)65-54-28-13-9-24-50(54)59-56(65)36-37-57-60(59)51-25-10-14-29-55(51)66(57)46-34-35-48-47-22-8-12-27-53(47)67(58(48)39-46)62-63-52-26-11-7-23-49(52)61(64-62)43-18-5-2-6-19-43/h1-39H. The first-order chi connectivity index (χ1) is 33.2. The van der Waals surface area contributed by atoms with Crippen molar-refractivity contribution >= 4 is 76.3 Å². The topological polar surface area (TPSA) is 40.6 Å². The van der Waals surface area contributed by atoms with Gasteiger partial charge in [0.2, 0.25) is 5.95 Å². The molecule has 312 valence electrons. The predicted molar refractivity (Wildman–Crippen MR) is 279 cm³/mol. The monoisotopic (exact) mass is 853 g/mol. The van der Waals surface area contributed by atoms with Crippen LogP contribution in [0.2, 0.25) is 0 Å². The van der Waals surface area contributed by atoms with Crippen molar-refractivity contribution < 1.29 is 0 Å². The van der Waals surface area contributed by atoms with Crippen molar-refractivity contribution in [3.63, 3.8) is 0 Å². The van der Waals surface area contributed by atoms with Gasteiger partial charge in [-0.2, -0.15) is 0 Å². The molecule has 0 saturated carbocycles. The zero-order valence-corrected chi connectivity index (χ0v) is 36.3. The fourth-order valence-corrected chi connectivity index (χ4v) is 10.7. The molecule has 14 aromatic rings. The van der Waals surface area contributed by atoms with Crippen LogP contribution in [-0.4, -0.2) is 23.7 Å². The third-order valence-electron chi connectivity index (χ3n) is 13.7. The summed E-state index contributed by atoms with van der Waals surface area (Å²) in [6.07, 6.45) is 0. The molecule has 0 N–H and O–H groups in total. The number of rotatable bonds is 6. The van der Waals surface area contributed by atoms with E-state index >= 15 is 0 Å². The average molecular weight is 854 g/mol. The molecule has 0 saturated heterocycles. The molecule has 4 heterocycles. The highest BCUT2D eigenvalue weighted by atomic mass is 15.2. The summed E-state index contributed by atoms with van der Waals surface area (Å²) >= 11 is 0. The van der Waals surface area contributed by atoms with Gasteiger partial charge in [-0.05, 0) is 82.9 Å². The van der Waals surface area contributed by atoms with E-state index in [9.17, 15) is 0 Å². The number of nitrogens with zero attached hydrogens (tertiary/aromatic N) is 5. The van der Waals surface area contributed by atoms with Crippen LogP contribution in [0.4, 0.5) is 0 Å². The quantitative estimate of drug-likeness (QED) is 0.167. The Morgan fingerprint density at radius 1 is 0.254 bits per heavy atom. The molecule has 0 aliphatic rings. The van der Waals surface area contributed by atoms with E-state index < -0.39 is 0 Å². The first-order valence-corrected chi connectivity index (χ1v) is 22.8. The average Bonchev–Trinajstić information content (AvgIpc) is 4.04. The van der Waals surface area contributed by atoms with Crippen molar-refractivity contribution in [1.82, 2.24) is 23.7 Å². The SMILES string of the molecule is c1ccc(-c2ccc(-c3cccc(-n4c5ccccc5c5c6c7ccccc7n(-c7ccc8c9ccccc9n(-c9nc(-c%10ccccc%10)c%10ccccc%10n9)c8c7)c6ccc54)c3)cc2)cc1. The molecule has 0 aliphatic carbocycles. The Hall–Kier alpha value is -9.06. The molecule has 5 nitrogen and oxygen atoms in total. The fourth-order valence-electron chi connectivity index (χ4n) is 10.7. The summed E-state index contributed by atoms with van der Waals surface area (Å²) in [6.45, 7) is 0. The third kappa shape index (κ3) is 5.75. The van der Waals surface area contributed by atoms with Crippen LogP contribution in [0, 0.1) is 0 Å². The number of aromatic nitrogens is 5. The molecule has 0 radical (unpaired) electrons. The highest BCUT2D eigenvalue weighted by molar-refractivity contribution is 6.29. The molecule has 0 atom stereocenters. The van der Waals surface area contributed by atoms with E-state index in [1.165, 1.54) is 54.8 Å². The number of hydrogen-bond donors (Lipinski definition) is 0. The lowest BCUT2D eigenvalue weighted by atomic mass is 10.00. The first-order valence-electron chi connectivity index (χ1n) is 22.8. The molecular formula is C62H39N5. The summed E-state index contributed by atoms with van der Waals surface area (Å²) in [4.78, 5) is 10.6. The second-order valence-electron chi connectivity index (χ2n) is 17.4. The first kappa shape index (κ1) is 37.3. The van der Waals surface area contributed by atoms with E-state index in [1.807, 2.05) is 6.07 Å². The maximum atomic E-state index is 5.38. The van der Waals surface area contributed by atoms with E-state index in [0.717, 1.165) is 66.4 Å². The van der Waals surface area contributed by atoms with Gasteiger partial charge in [-0.25, -0.2) is 9.97 Å². The van der Waals surface area contributed by atoms with Gasteiger partial charge >= 0.3 is 0 Å². The van der Waals surface area contributed by atoms with Crippen molar-refractivity contribution in [3.05, 3.63) is 237 Å². The van der Waals surface area contributed by atoms with Crippen molar-refractivity contribution in [1.29, 1.82) is 0 Å². The lowest BCUT2D eigenvalue weighted by Crippen LogP contribution is -2.04. The van der Waals surface area contributed by atoms with Gasteiger partial charge in [0.1, 0.15) is 0 Å². The summed E-state index contributed by atoms with van der Waals surface area (Å²) in [5.74, 6) is 0.644. The van der Waals surface area contributed by atoms with Crippen LogP contribution >= 0.6 is 0 Å². The van der Waals surface area contributed by atoms with Crippen LogP contribution in [-0.2, 0) is 0 Å². The lowest BCUT2D eigenvalue weighted by Gasteiger charge is -2.13. The molecular weight excluding hydrogens is 815 g/mol. The Balaban J connectivity index is 0.976. The second kappa shape index (κ2) is 14.7. The van der Waals surface area contributed by atoms with Crippen LogP contribution in [0.25, 0.3) is 127 Å². The van der Waals surface area contributed by atoms with Crippen molar-refractivity contribution in [2.45, 2.75) is 0 Å². The van der Waals surface area contributed by atoms with Gasteiger partial charge in [-0.15, -0.1) is 0 Å². The van der Waals surface area contributed by atoms with Crippen LogP contribution in [0.1, 0.15) is 0 Å². The minimum Gasteiger partial charge on any atom is -0.309 e. The van der Waals surface area contributed by atoms with Gasteiger partial charge < -0.3 is 9.13 Å². The zero-order valence-electron chi connectivity index (χ0n) is 36.3. The Labute approximate surface area is 385 Å².